The third kappa shape index (κ3) is 4.82. The number of rotatable bonds is 5. The molecule has 0 fully saturated rings. The first-order valence-corrected chi connectivity index (χ1v) is 5.99. The summed E-state index contributed by atoms with van der Waals surface area (Å²) in [7, 11) is 0. The van der Waals surface area contributed by atoms with E-state index in [4.69, 9.17) is 18.0 Å². The normalized spacial score (nSPS) is 9.71. The minimum absolute atomic E-state index is 0.430. The number of benzene rings is 1. The van der Waals surface area contributed by atoms with E-state index in [2.05, 4.69) is 17.6 Å². The number of anilines is 1. The molecule has 1 amide bonds. The second-order valence-electron chi connectivity index (χ2n) is 3.68. The average Bonchev–Trinajstić information content (AvgIpc) is 2.30. The van der Waals surface area contributed by atoms with Gasteiger partial charge in [-0.1, -0.05) is 13.3 Å². The monoisotopic (exact) mass is 251 g/mol. The van der Waals surface area contributed by atoms with Gasteiger partial charge >= 0.3 is 0 Å². The lowest BCUT2D eigenvalue weighted by Crippen LogP contribution is -2.29. The molecule has 0 bridgehead atoms. The number of primary amides is 1. The minimum Gasteiger partial charge on any atom is -0.366 e. The second-order valence-corrected chi connectivity index (χ2v) is 4.08. The van der Waals surface area contributed by atoms with Gasteiger partial charge < -0.3 is 16.4 Å². The van der Waals surface area contributed by atoms with Crippen molar-refractivity contribution < 1.29 is 4.79 Å². The van der Waals surface area contributed by atoms with Crippen LogP contribution in [0.25, 0.3) is 0 Å². The van der Waals surface area contributed by atoms with Gasteiger partial charge in [-0.15, -0.1) is 0 Å². The van der Waals surface area contributed by atoms with E-state index in [9.17, 15) is 4.79 Å². The number of carbonyl (C=O) groups is 1. The van der Waals surface area contributed by atoms with Crippen molar-refractivity contribution in [1.82, 2.24) is 5.32 Å². The minimum atomic E-state index is -0.430. The molecule has 17 heavy (non-hydrogen) atoms. The molecule has 4 N–H and O–H groups in total. The molecule has 0 heterocycles. The Morgan fingerprint density at radius 1 is 1.35 bits per heavy atom. The molecule has 1 aromatic carbocycles. The molecule has 4 nitrogen and oxygen atoms in total. The lowest BCUT2D eigenvalue weighted by atomic mass is 10.2. The largest absolute Gasteiger partial charge is 0.366 e. The van der Waals surface area contributed by atoms with Gasteiger partial charge in [-0.3, -0.25) is 4.79 Å². The van der Waals surface area contributed by atoms with Crippen molar-refractivity contribution in [2.75, 3.05) is 11.9 Å². The van der Waals surface area contributed by atoms with E-state index in [1.807, 2.05) is 0 Å². The van der Waals surface area contributed by atoms with Gasteiger partial charge in [-0.05, 0) is 42.9 Å². The van der Waals surface area contributed by atoms with Crippen molar-refractivity contribution in [2.45, 2.75) is 19.8 Å². The maximum Gasteiger partial charge on any atom is 0.248 e. The van der Waals surface area contributed by atoms with Crippen LogP contribution < -0.4 is 16.4 Å². The molecule has 0 saturated heterocycles. The van der Waals surface area contributed by atoms with Crippen LogP contribution in [0.1, 0.15) is 30.1 Å². The van der Waals surface area contributed by atoms with Crippen LogP contribution >= 0.6 is 12.2 Å². The molecule has 1 aromatic rings. The number of nitrogens with two attached hydrogens (primary N) is 1. The van der Waals surface area contributed by atoms with Crippen LogP contribution in [0.4, 0.5) is 5.69 Å². The molecule has 0 aliphatic rings. The standard InChI is InChI=1S/C12H17N3OS/c1-2-3-8-14-12(17)15-10-6-4-9(5-7-10)11(13)16/h4-7H,2-3,8H2,1H3,(H2,13,16)(H2,14,15,17). The Balaban J connectivity index is 2.46. The Morgan fingerprint density at radius 2 is 2.00 bits per heavy atom. The summed E-state index contributed by atoms with van der Waals surface area (Å²) in [6, 6.07) is 6.88. The molecule has 0 unspecified atom stereocenters. The van der Waals surface area contributed by atoms with E-state index in [-0.39, 0.29) is 0 Å². The first-order valence-electron chi connectivity index (χ1n) is 5.58. The molecule has 0 saturated carbocycles. The van der Waals surface area contributed by atoms with Gasteiger partial charge in [0, 0.05) is 17.8 Å². The number of amides is 1. The zero-order chi connectivity index (χ0) is 12.7. The van der Waals surface area contributed by atoms with Gasteiger partial charge in [0.05, 0.1) is 0 Å². The molecular weight excluding hydrogens is 234 g/mol. The summed E-state index contributed by atoms with van der Waals surface area (Å²) in [6.07, 6.45) is 2.21. The van der Waals surface area contributed by atoms with E-state index in [0.717, 1.165) is 25.1 Å². The molecule has 92 valence electrons. The zero-order valence-electron chi connectivity index (χ0n) is 9.82. The Kier molecular flexibility index (Phi) is 5.42. The molecule has 5 heteroatoms. The van der Waals surface area contributed by atoms with Crippen molar-refractivity contribution in [3.05, 3.63) is 29.8 Å². The van der Waals surface area contributed by atoms with Gasteiger partial charge in [0.2, 0.25) is 5.91 Å². The maximum absolute atomic E-state index is 10.9. The Labute approximate surface area is 107 Å². The van der Waals surface area contributed by atoms with Crippen LogP contribution in [0, 0.1) is 0 Å². The van der Waals surface area contributed by atoms with Crippen molar-refractivity contribution in [3.63, 3.8) is 0 Å². The highest BCUT2D eigenvalue weighted by Crippen LogP contribution is 2.08. The van der Waals surface area contributed by atoms with Crippen LogP contribution in [0.2, 0.25) is 0 Å². The predicted octanol–water partition coefficient (Wildman–Crippen LogP) is 1.87. The maximum atomic E-state index is 10.9. The summed E-state index contributed by atoms with van der Waals surface area (Å²) in [5.41, 5.74) is 6.47. The summed E-state index contributed by atoms with van der Waals surface area (Å²) in [5.74, 6) is -0.430. The highest BCUT2D eigenvalue weighted by Gasteiger charge is 2.00. The number of thiocarbonyl (C=S) groups is 1. The molecular formula is C12H17N3OS. The van der Waals surface area contributed by atoms with Crippen LogP contribution in [-0.2, 0) is 0 Å². The predicted molar refractivity (Wildman–Crippen MR) is 74.1 cm³/mol. The summed E-state index contributed by atoms with van der Waals surface area (Å²) < 4.78 is 0. The van der Waals surface area contributed by atoms with E-state index >= 15 is 0 Å². The quantitative estimate of drug-likeness (QED) is 0.552. The smallest absolute Gasteiger partial charge is 0.248 e. The molecule has 0 spiro atoms. The number of hydrogen-bond donors (Lipinski definition) is 3. The number of carbonyl (C=O) groups excluding carboxylic acids is 1. The summed E-state index contributed by atoms with van der Waals surface area (Å²) in [4.78, 5) is 10.9. The highest BCUT2D eigenvalue weighted by molar-refractivity contribution is 7.80. The topological polar surface area (TPSA) is 67.2 Å². The number of nitrogens with one attached hydrogen (secondary N) is 2. The summed E-state index contributed by atoms with van der Waals surface area (Å²) >= 11 is 5.12. The van der Waals surface area contributed by atoms with Crippen LogP contribution in [0.5, 0.6) is 0 Å². The first kappa shape index (κ1) is 13.4. The van der Waals surface area contributed by atoms with Crippen LogP contribution in [-0.4, -0.2) is 17.6 Å². The van der Waals surface area contributed by atoms with Gasteiger partial charge in [0.15, 0.2) is 5.11 Å². The van der Waals surface area contributed by atoms with E-state index in [1.165, 1.54) is 0 Å². The summed E-state index contributed by atoms with van der Waals surface area (Å²) in [5, 5.41) is 6.72. The Hall–Kier alpha value is -1.62. The second kappa shape index (κ2) is 6.85. The molecule has 0 aliphatic heterocycles. The van der Waals surface area contributed by atoms with E-state index < -0.39 is 5.91 Å². The highest BCUT2D eigenvalue weighted by atomic mass is 32.1. The molecule has 0 aromatic heterocycles. The number of unbranched alkanes of at least 4 members (excludes halogenated alkanes) is 1. The Morgan fingerprint density at radius 3 is 2.53 bits per heavy atom. The van der Waals surface area contributed by atoms with Crippen molar-refractivity contribution in [2.24, 2.45) is 5.73 Å². The first-order chi connectivity index (χ1) is 8.13. The third-order valence-corrected chi connectivity index (χ3v) is 2.49. The SMILES string of the molecule is CCCCNC(=S)Nc1ccc(C(N)=O)cc1. The van der Waals surface area contributed by atoms with E-state index in [0.29, 0.717) is 10.7 Å². The van der Waals surface area contributed by atoms with Crippen molar-refractivity contribution in [1.29, 1.82) is 0 Å². The van der Waals surface area contributed by atoms with Crippen LogP contribution in [0.15, 0.2) is 24.3 Å². The van der Waals surface area contributed by atoms with Crippen LogP contribution in [0.3, 0.4) is 0 Å². The van der Waals surface area contributed by atoms with Gasteiger partial charge in [0.1, 0.15) is 0 Å². The van der Waals surface area contributed by atoms with Crippen molar-refractivity contribution in [3.8, 4) is 0 Å². The lowest BCUT2D eigenvalue weighted by Gasteiger charge is -2.10. The van der Waals surface area contributed by atoms with Gasteiger partial charge in [-0.2, -0.15) is 0 Å². The van der Waals surface area contributed by atoms with E-state index in [1.54, 1.807) is 24.3 Å². The molecule has 0 aliphatic carbocycles. The fourth-order valence-corrected chi connectivity index (χ4v) is 1.49. The van der Waals surface area contributed by atoms with Gasteiger partial charge in [-0.25, -0.2) is 0 Å². The Bertz CT molecular complexity index is 389. The van der Waals surface area contributed by atoms with Gasteiger partial charge in [0.25, 0.3) is 0 Å². The third-order valence-electron chi connectivity index (χ3n) is 2.24. The molecule has 1 rings (SSSR count). The fourth-order valence-electron chi connectivity index (χ4n) is 1.27. The zero-order valence-corrected chi connectivity index (χ0v) is 10.6. The molecule has 0 radical (unpaired) electrons. The fraction of sp³-hybridized carbons (Fsp3) is 0.333. The number of hydrogen-bond acceptors (Lipinski definition) is 2. The average molecular weight is 251 g/mol. The lowest BCUT2D eigenvalue weighted by molar-refractivity contribution is 0.100. The molecule has 0 atom stereocenters. The summed E-state index contributed by atoms with van der Waals surface area (Å²) in [6.45, 7) is 2.99. The van der Waals surface area contributed by atoms with Crippen molar-refractivity contribution >= 4 is 28.9 Å².